The van der Waals surface area contributed by atoms with E-state index < -0.39 is 10.0 Å². The summed E-state index contributed by atoms with van der Waals surface area (Å²) >= 11 is 1.68. The van der Waals surface area contributed by atoms with Crippen molar-refractivity contribution >= 4 is 42.6 Å². The number of aromatic nitrogens is 1. The van der Waals surface area contributed by atoms with E-state index in [-0.39, 0.29) is 11.8 Å². The molecule has 1 amide bonds. The molecule has 2 saturated heterocycles. The van der Waals surface area contributed by atoms with Crippen molar-refractivity contribution in [3.63, 3.8) is 0 Å². The molecule has 0 saturated carbocycles. The van der Waals surface area contributed by atoms with Crippen molar-refractivity contribution in [3.05, 3.63) is 24.3 Å². The third-order valence-corrected chi connectivity index (χ3v) is 7.71. The van der Waals surface area contributed by atoms with Gasteiger partial charge in [-0.2, -0.15) is 0 Å². The highest BCUT2D eigenvalue weighted by molar-refractivity contribution is 7.88. The van der Waals surface area contributed by atoms with Crippen LogP contribution in [0.3, 0.4) is 0 Å². The molecule has 2 aliphatic heterocycles. The number of piperidine rings is 1. The predicted octanol–water partition coefficient (Wildman–Crippen LogP) is 1.62. The van der Waals surface area contributed by atoms with Crippen molar-refractivity contribution in [2.24, 2.45) is 5.92 Å². The highest BCUT2D eigenvalue weighted by Gasteiger charge is 2.34. The molecule has 1 aromatic heterocycles. The number of rotatable bonds is 3. The van der Waals surface area contributed by atoms with E-state index in [1.807, 2.05) is 23.1 Å². The first kappa shape index (κ1) is 18.6. The van der Waals surface area contributed by atoms with Crippen LogP contribution in [-0.2, 0) is 14.8 Å². The zero-order valence-corrected chi connectivity index (χ0v) is 17.0. The Labute approximate surface area is 163 Å². The number of anilines is 1. The van der Waals surface area contributed by atoms with Gasteiger partial charge in [0.05, 0.1) is 22.4 Å². The molecule has 1 atom stereocenters. The number of nitrogens with zero attached hydrogens (tertiary/aromatic N) is 4. The van der Waals surface area contributed by atoms with Gasteiger partial charge < -0.3 is 9.80 Å². The quantitative estimate of drug-likeness (QED) is 0.772. The summed E-state index contributed by atoms with van der Waals surface area (Å²) in [6, 6.07) is 8.11. The Morgan fingerprint density at radius 1 is 1.15 bits per heavy atom. The fourth-order valence-electron chi connectivity index (χ4n) is 3.82. The number of carbonyl (C=O) groups excluding carboxylic acids is 1. The van der Waals surface area contributed by atoms with Gasteiger partial charge in [0.1, 0.15) is 0 Å². The summed E-state index contributed by atoms with van der Waals surface area (Å²) in [7, 11) is -3.23. The van der Waals surface area contributed by atoms with Gasteiger partial charge >= 0.3 is 0 Å². The summed E-state index contributed by atoms with van der Waals surface area (Å²) in [5, 5.41) is 1.00. The summed E-state index contributed by atoms with van der Waals surface area (Å²) in [5.41, 5.74) is 1.01. The molecule has 7 nitrogen and oxygen atoms in total. The predicted molar refractivity (Wildman–Crippen MR) is 108 cm³/mol. The van der Waals surface area contributed by atoms with Gasteiger partial charge in [-0.05, 0) is 25.0 Å². The number of amides is 1. The number of para-hydroxylation sites is 1. The molecule has 2 fully saturated rings. The monoisotopic (exact) mass is 408 g/mol. The molecule has 1 aromatic carbocycles. The third-order valence-electron chi connectivity index (χ3n) is 5.35. The topological polar surface area (TPSA) is 73.8 Å². The zero-order chi connectivity index (χ0) is 19.0. The van der Waals surface area contributed by atoms with Crippen LogP contribution in [0.2, 0.25) is 0 Å². The van der Waals surface area contributed by atoms with Crippen molar-refractivity contribution in [3.8, 4) is 0 Å². The Hall–Kier alpha value is -1.71. The minimum Gasteiger partial charge on any atom is -0.345 e. The van der Waals surface area contributed by atoms with Gasteiger partial charge in [-0.15, -0.1) is 0 Å². The minimum atomic E-state index is -3.23. The standard InChI is InChI=1S/C18H24N4O3S2/c1-27(24,25)22-8-4-5-14(13-22)17(23)20-9-11-21(12-10-20)18-19-15-6-2-3-7-16(15)26-18/h2-3,6-7,14H,4-5,8-13H2,1H3. The number of fused-ring (bicyclic) bond motifs is 1. The number of thiazole rings is 1. The maximum Gasteiger partial charge on any atom is 0.227 e. The molecule has 0 radical (unpaired) electrons. The minimum absolute atomic E-state index is 0.0901. The van der Waals surface area contributed by atoms with Gasteiger partial charge in [0, 0.05) is 39.3 Å². The number of carbonyl (C=O) groups is 1. The van der Waals surface area contributed by atoms with Crippen LogP contribution in [0.1, 0.15) is 12.8 Å². The van der Waals surface area contributed by atoms with E-state index >= 15 is 0 Å². The highest BCUT2D eigenvalue weighted by atomic mass is 32.2. The van der Waals surface area contributed by atoms with Crippen molar-refractivity contribution in [2.75, 3.05) is 50.4 Å². The lowest BCUT2D eigenvalue weighted by Gasteiger charge is -2.38. The first-order valence-corrected chi connectivity index (χ1v) is 11.9. The largest absolute Gasteiger partial charge is 0.345 e. The van der Waals surface area contributed by atoms with Gasteiger partial charge in [-0.25, -0.2) is 17.7 Å². The first-order chi connectivity index (χ1) is 12.9. The Morgan fingerprint density at radius 3 is 2.59 bits per heavy atom. The van der Waals surface area contributed by atoms with Crippen LogP contribution in [0.5, 0.6) is 0 Å². The summed E-state index contributed by atoms with van der Waals surface area (Å²) in [6.45, 7) is 3.67. The number of piperazine rings is 1. The van der Waals surface area contributed by atoms with Crippen LogP contribution in [0.15, 0.2) is 24.3 Å². The van der Waals surface area contributed by atoms with Gasteiger partial charge in [-0.1, -0.05) is 23.5 Å². The second-order valence-electron chi connectivity index (χ2n) is 7.24. The molecule has 4 rings (SSSR count). The van der Waals surface area contributed by atoms with Gasteiger partial charge in [0.15, 0.2) is 5.13 Å². The number of benzene rings is 1. The molecular formula is C18H24N4O3S2. The van der Waals surface area contributed by atoms with Crippen LogP contribution < -0.4 is 4.90 Å². The Kier molecular flexibility index (Phi) is 5.09. The molecule has 0 bridgehead atoms. The molecule has 0 aliphatic carbocycles. The van der Waals surface area contributed by atoms with Gasteiger partial charge in [0.25, 0.3) is 0 Å². The van der Waals surface area contributed by atoms with Crippen LogP contribution >= 0.6 is 11.3 Å². The SMILES string of the molecule is CS(=O)(=O)N1CCCC(C(=O)N2CCN(c3nc4ccccc4s3)CC2)C1. The lowest BCUT2D eigenvalue weighted by molar-refractivity contribution is -0.137. The van der Waals surface area contributed by atoms with Crippen LogP contribution in [0.4, 0.5) is 5.13 Å². The van der Waals surface area contributed by atoms with E-state index in [0.717, 1.165) is 36.6 Å². The van der Waals surface area contributed by atoms with E-state index in [0.29, 0.717) is 26.2 Å². The van der Waals surface area contributed by atoms with Crippen molar-refractivity contribution in [1.29, 1.82) is 0 Å². The van der Waals surface area contributed by atoms with E-state index in [1.54, 1.807) is 11.3 Å². The number of hydrogen-bond donors (Lipinski definition) is 0. The summed E-state index contributed by atoms with van der Waals surface area (Å²) in [4.78, 5) is 21.7. The maximum absolute atomic E-state index is 12.9. The molecule has 146 valence electrons. The molecule has 9 heteroatoms. The highest BCUT2D eigenvalue weighted by Crippen LogP contribution is 2.29. The molecule has 0 spiro atoms. The van der Waals surface area contributed by atoms with Crippen molar-refractivity contribution in [2.45, 2.75) is 12.8 Å². The second kappa shape index (κ2) is 7.37. The fraction of sp³-hybridized carbons (Fsp3) is 0.556. The van der Waals surface area contributed by atoms with E-state index in [2.05, 4.69) is 11.0 Å². The average molecular weight is 409 g/mol. The molecule has 27 heavy (non-hydrogen) atoms. The van der Waals surface area contributed by atoms with Gasteiger partial charge in [0.2, 0.25) is 15.9 Å². The van der Waals surface area contributed by atoms with Crippen molar-refractivity contribution < 1.29 is 13.2 Å². The summed E-state index contributed by atoms with van der Waals surface area (Å²) < 4.78 is 26.2. The average Bonchev–Trinajstić information content (AvgIpc) is 3.11. The maximum atomic E-state index is 12.9. The Balaban J connectivity index is 1.38. The van der Waals surface area contributed by atoms with E-state index in [1.165, 1.54) is 15.3 Å². The molecule has 3 heterocycles. The number of hydrogen-bond acceptors (Lipinski definition) is 6. The summed E-state index contributed by atoms with van der Waals surface area (Å²) in [6.07, 6.45) is 2.73. The molecule has 0 N–H and O–H groups in total. The second-order valence-corrected chi connectivity index (χ2v) is 10.2. The lowest BCUT2D eigenvalue weighted by Crippen LogP contribution is -2.53. The normalized spacial score (nSPS) is 22.3. The molecule has 1 unspecified atom stereocenters. The van der Waals surface area contributed by atoms with E-state index in [9.17, 15) is 13.2 Å². The van der Waals surface area contributed by atoms with Gasteiger partial charge in [-0.3, -0.25) is 4.79 Å². The molecule has 2 aliphatic rings. The number of sulfonamides is 1. The van der Waals surface area contributed by atoms with E-state index in [4.69, 9.17) is 4.98 Å². The Morgan fingerprint density at radius 2 is 1.89 bits per heavy atom. The van der Waals surface area contributed by atoms with Crippen LogP contribution in [0, 0.1) is 5.92 Å². The summed E-state index contributed by atoms with van der Waals surface area (Å²) in [5.74, 6) is -0.130. The van der Waals surface area contributed by atoms with Crippen LogP contribution in [-0.4, -0.2) is 74.0 Å². The smallest absolute Gasteiger partial charge is 0.227 e. The molecule has 2 aromatic rings. The third kappa shape index (κ3) is 3.95. The van der Waals surface area contributed by atoms with Crippen molar-refractivity contribution in [1.82, 2.24) is 14.2 Å². The first-order valence-electron chi connectivity index (χ1n) is 9.26. The Bertz CT molecular complexity index is 902. The lowest BCUT2D eigenvalue weighted by atomic mass is 9.98. The zero-order valence-electron chi connectivity index (χ0n) is 15.4. The fourth-order valence-corrected chi connectivity index (χ4v) is 5.75. The molecular weight excluding hydrogens is 384 g/mol. The van der Waals surface area contributed by atoms with Crippen LogP contribution in [0.25, 0.3) is 10.2 Å².